The molecule has 0 spiro atoms. The summed E-state index contributed by atoms with van der Waals surface area (Å²) in [4.78, 5) is 13.7. The zero-order valence-electron chi connectivity index (χ0n) is 13.8. The molecule has 2 aromatic rings. The molecule has 1 atom stereocenters. The van der Waals surface area contributed by atoms with Crippen LogP contribution >= 0.6 is 0 Å². The van der Waals surface area contributed by atoms with Crippen molar-refractivity contribution in [3.63, 3.8) is 0 Å². The van der Waals surface area contributed by atoms with Gasteiger partial charge in [0.25, 0.3) is 0 Å². The van der Waals surface area contributed by atoms with Crippen molar-refractivity contribution in [2.24, 2.45) is 5.92 Å². The molecule has 0 bridgehead atoms. The van der Waals surface area contributed by atoms with Crippen molar-refractivity contribution in [1.82, 2.24) is 10.2 Å². The number of nitrogens with zero attached hydrogens (tertiary/aromatic N) is 1. The quantitative estimate of drug-likeness (QED) is 0.816. The molecule has 1 aliphatic rings. The van der Waals surface area contributed by atoms with E-state index in [1.807, 2.05) is 42.5 Å². The fourth-order valence-electron chi connectivity index (χ4n) is 3.13. The van der Waals surface area contributed by atoms with E-state index in [-0.39, 0.29) is 0 Å². The van der Waals surface area contributed by atoms with Gasteiger partial charge in [-0.2, -0.15) is 0 Å². The lowest BCUT2D eigenvalue weighted by atomic mass is 10.1. The molecule has 0 aromatic heterocycles. The summed E-state index contributed by atoms with van der Waals surface area (Å²) >= 11 is 0. The minimum atomic E-state index is -0.741. The van der Waals surface area contributed by atoms with Gasteiger partial charge in [0.05, 0.1) is 12.5 Å². The van der Waals surface area contributed by atoms with E-state index in [1.165, 1.54) is 0 Å². The normalized spacial score (nSPS) is 16.8. The van der Waals surface area contributed by atoms with Gasteiger partial charge in [0.2, 0.25) is 0 Å². The van der Waals surface area contributed by atoms with E-state index in [4.69, 9.17) is 4.74 Å². The lowest BCUT2D eigenvalue weighted by molar-refractivity contribution is -0.143. The van der Waals surface area contributed by atoms with E-state index in [2.05, 4.69) is 10.2 Å². The highest BCUT2D eigenvalue weighted by atomic mass is 16.5. The lowest BCUT2D eigenvalue weighted by Gasteiger charge is -2.29. The topological polar surface area (TPSA) is 61.8 Å². The van der Waals surface area contributed by atoms with Crippen LogP contribution < -0.4 is 10.1 Å². The van der Waals surface area contributed by atoms with Crippen LogP contribution in [-0.4, -0.2) is 55.3 Å². The summed E-state index contributed by atoms with van der Waals surface area (Å²) in [6.45, 7) is 4.69. The zero-order valence-corrected chi connectivity index (χ0v) is 13.8. The number of nitrogens with one attached hydrogen (secondary N) is 1. The molecule has 1 heterocycles. The standard InChI is InChI=1S/C19H24N2O3/c22-19(23)16(14-21-11-9-20-10-12-21)8-13-24-18-7-3-5-15-4-1-2-6-17(15)18/h1-7,16,20H,8-14H2,(H,22,23). The number of benzene rings is 2. The average molecular weight is 328 g/mol. The van der Waals surface area contributed by atoms with Crippen molar-refractivity contribution >= 4 is 16.7 Å². The number of fused-ring (bicyclic) bond motifs is 1. The molecule has 0 radical (unpaired) electrons. The molecule has 0 amide bonds. The Bertz CT molecular complexity index is 678. The summed E-state index contributed by atoms with van der Waals surface area (Å²) < 4.78 is 5.89. The SMILES string of the molecule is O=C(O)C(CCOc1cccc2ccccc12)CN1CCNCC1. The van der Waals surface area contributed by atoms with E-state index in [0.29, 0.717) is 19.6 Å². The minimum absolute atomic E-state index is 0.391. The van der Waals surface area contributed by atoms with Crippen LogP contribution in [0, 0.1) is 5.92 Å². The highest BCUT2D eigenvalue weighted by molar-refractivity contribution is 5.88. The van der Waals surface area contributed by atoms with Gasteiger partial charge in [-0.05, 0) is 17.9 Å². The highest BCUT2D eigenvalue weighted by Crippen LogP contribution is 2.25. The van der Waals surface area contributed by atoms with E-state index >= 15 is 0 Å². The summed E-state index contributed by atoms with van der Waals surface area (Å²) in [5.41, 5.74) is 0. The third kappa shape index (κ3) is 4.24. The van der Waals surface area contributed by atoms with Crippen molar-refractivity contribution in [3.8, 4) is 5.75 Å². The van der Waals surface area contributed by atoms with Gasteiger partial charge in [-0.25, -0.2) is 0 Å². The average Bonchev–Trinajstić information content (AvgIpc) is 2.62. The maximum Gasteiger partial charge on any atom is 0.307 e. The molecule has 2 aromatic carbocycles. The monoisotopic (exact) mass is 328 g/mol. The number of ether oxygens (including phenoxy) is 1. The summed E-state index contributed by atoms with van der Waals surface area (Å²) in [5.74, 6) is -0.312. The van der Waals surface area contributed by atoms with Gasteiger partial charge in [-0.3, -0.25) is 9.69 Å². The molecule has 5 nitrogen and oxygen atoms in total. The van der Waals surface area contributed by atoms with Gasteiger partial charge in [-0.1, -0.05) is 36.4 Å². The van der Waals surface area contributed by atoms with Crippen molar-refractivity contribution in [2.45, 2.75) is 6.42 Å². The number of hydrogen-bond donors (Lipinski definition) is 2. The predicted molar refractivity (Wildman–Crippen MR) is 94.5 cm³/mol. The molecule has 1 unspecified atom stereocenters. The van der Waals surface area contributed by atoms with Gasteiger partial charge >= 0.3 is 5.97 Å². The first-order valence-electron chi connectivity index (χ1n) is 8.50. The van der Waals surface area contributed by atoms with Crippen molar-refractivity contribution in [2.75, 3.05) is 39.3 Å². The van der Waals surface area contributed by atoms with Gasteiger partial charge in [0.1, 0.15) is 5.75 Å². The molecule has 1 aliphatic heterocycles. The van der Waals surface area contributed by atoms with Crippen LogP contribution in [0.5, 0.6) is 5.75 Å². The van der Waals surface area contributed by atoms with Gasteiger partial charge in [-0.15, -0.1) is 0 Å². The first kappa shape index (κ1) is 16.7. The molecule has 0 aliphatic carbocycles. The summed E-state index contributed by atoms with van der Waals surface area (Å²) in [6, 6.07) is 14.0. The Morgan fingerprint density at radius 2 is 1.92 bits per heavy atom. The van der Waals surface area contributed by atoms with Gasteiger partial charge in [0.15, 0.2) is 0 Å². The molecular weight excluding hydrogens is 304 g/mol. The smallest absolute Gasteiger partial charge is 0.307 e. The third-order valence-electron chi connectivity index (χ3n) is 4.51. The number of piperazine rings is 1. The maximum atomic E-state index is 11.5. The Morgan fingerprint density at radius 3 is 2.71 bits per heavy atom. The Morgan fingerprint density at radius 1 is 1.17 bits per heavy atom. The van der Waals surface area contributed by atoms with Crippen LogP contribution in [0.3, 0.4) is 0 Å². The van der Waals surface area contributed by atoms with Gasteiger partial charge < -0.3 is 15.2 Å². The summed E-state index contributed by atoms with van der Waals surface area (Å²) in [7, 11) is 0. The van der Waals surface area contributed by atoms with E-state index in [9.17, 15) is 9.90 Å². The minimum Gasteiger partial charge on any atom is -0.493 e. The second kappa shape index (κ2) is 8.13. The molecule has 128 valence electrons. The highest BCUT2D eigenvalue weighted by Gasteiger charge is 2.22. The molecular formula is C19H24N2O3. The zero-order chi connectivity index (χ0) is 16.8. The number of carboxylic acids is 1. The largest absolute Gasteiger partial charge is 0.493 e. The molecule has 0 saturated carbocycles. The first-order chi connectivity index (χ1) is 11.7. The van der Waals surface area contributed by atoms with Crippen LogP contribution in [0.25, 0.3) is 10.8 Å². The van der Waals surface area contributed by atoms with Crippen molar-refractivity contribution < 1.29 is 14.6 Å². The van der Waals surface area contributed by atoms with Crippen LogP contribution in [0.2, 0.25) is 0 Å². The maximum absolute atomic E-state index is 11.5. The van der Waals surface area contributed by atoms with E-state index in [1.54, 1.807) is 0 Å². The van der Waals surface area contributed by atoms with Crippen LogP contribution in [-0.2, 0) is 4.79 Å². The molecule has 5 heteroatoms. The number of hydrogen-bond acceptors (Lipinski definition) is 4. The Labute approximate surface area is 142 Å². The second-order valence-corrected chi connectivity index (χ2v) is 6.20. The predicted octanol–water partition coefficient (Wildman–Crippen LogP) is 2.21. The fourth-order valence-corrected chi connectivity index (χ4v) is 3.13. The number of rotatable bonds is 7. The Hall–Kier alpha value is -2.11. The summed E-state index contributed by atoms with van der Waals surface area (Å²) in [6.07, 6.45) is 0.516. The van der Waals surface area contributed by atoms with Crippen molar-refractivity contribution in [1.29, 1.82) is 0 Å². The van der Waals surface area contributed by atoms with E-state index in [0.717, 1.165) is 42.7 Å². The molecule has 2 N–H and O–H groups in total. The first-order valence-corrected chi connectivity index (χ1v) is 8.50. The van der Waals surface area contributed by atoms with Crippen LogP contribution in [0.4, 0.5) is 0 Å². The molecule has 24 heavy (non-hydrogen) atoms. The van der Waals surface area contributed by atoms with E-state index < -0.39 is 11.9 Å². The molecule has 3 rings (SSSR count). The second-order valence-electron chi connectivity index (χ2n) is 6.20. The molecule has 1 fully saturated rings. The number of carboxylic acid groups (broad SMARTS) is 1. The molecule has 1 saturated heterocycles. The summed E-state index contributed by atoms with van der Waals surface area (Å²) in [5, 5.41) is 15.0. The Kier molecular flexibility index (Phi) is 5.67. The third-order valence-corrected chi connectivity index (χ3v) is 4.51. The van der Waals surface area contributed by atoms with Gasteiger partial charge in [0, 0.05) is 38.1 Å². The lowest BCUT2D eigenvalue weighted by Crippen LogP contribution is -2.46. The number of aliphatic carboxylic acids is 1. The fraction of sp³-hybridized carbons (Fsp3) is 0.421. The van der Waals surface area contributed by atoms with Crippen LogP contribution in [0.1, 0.15) is 6.42 Å². The Balaban J connectivity index is 1.57. The number of carbonyl (C=O) groups is 1. The van der Waals surface area contributed by atoms with Crippen LogP contribution in [0.15, 0.2) is 42.5 Å². The van der Waals surface area contributed by atoms with Crippen molar-refractivity contribution in [3.05, 3.63) is 42.5 Å².